The van der Waals surface area contributed by atoms with Gasteiger partial charge in [-0.3, -0.25) is 4.79 Å². The van der Waals surface area contributed by atoms with Gasteiger partial charge in [0.25, 0.3) is 5.91 Å². The molecule has 0 aromatic carbocycles. The standard InChI is InChI=1S/C14H17N3O2S/c1-10-12(14(18)17-7-3-5-15-6-8-17)16-13(20-10)11-4-2-9-19-11/h2,4,9,15H,3,5-8H2,1H3. The van der Waals surface area contributed by atoms with Gasteiger partial charge in [-0.2, -0.15) is 0 Å². The molecule has 20 heavy (non-hydrogen) atoms. The van der Waals surface area contributed by atoms with E-state index in [1.807, 2.05) is 24.0 Å². The van der Waals surface area contributed by atoms with E-state index < -0.39 is 0 Å². The Morgan fingerprint density at radius 1 is 1.45 bits per heavy atom. The summed E-state index contributed by atoms with van der Waals surface area (Å²) < 4.78 is 5.35. The van der Waals surface area contributed by atoms with Gasteiger partial charge in [-0.1, -0.05) is 0 Å². The Morgan fingerprint density at radius 3 is 3.15 bits per heavy atom. The van der Waals surface area contributed by atoms with Crippen LogP contribution in [0.4, 0.5) is 0 Å². The van der Waals surface area contributed by atoms with E-state index in [1.165, 1.54) is 11.3 Å². The second kappa shape index (κ2) is 5.76. The van der Waals surface area contributed by atoms with Crippen molar-refractivity contribution in [2.45, 2.75) is 13.3 Å². The largest absolute Gasteiger partial charge is 0.462 e. The van der Waals surface area contributed by atoms with Gasteiger partial charge < -0.3 is 14.6 Å². The Kier molecular flexibility index (Phi) is 3.84. The first kappa shape index (κ1) is 13.3. The molecule has 0 bridgehead atoms. The lowest BCUT2D eigenvalue weighted by molar-refractivity contribution is 0.0760. The van der Waals surface area contributed by atoms with Crippen molar-refractivity contribution < 1.29 is 9.21 Å². The highest BCUT2D eigenvalue weighted by Gasteiger charge is 2.23. The van der Waals surface area contributed by atoms with Gasteiger partial charge in [0.15, 0.2) is 10.8 Å². The van der Waals surface area contributed by atoms with Crippen molar-refractivity contribution in [3.05, 3.63) is 29.0 Å². The number of carbonyl (C=O) groups is 1. The van der Waals surface area contributed by atoms with Crippen LogP contribution in [0.25, 0.3) is 10.8 Å². The van der Waals surface area contributed by atoms with Crippen LogP contribution in [0.15, 0.2) is 22.8 Å². The number of furan rings is 1. The Hall–Kier alpha value is -1.66. The van der Waals surface area contributed by atoms with Crippen LogP contribution in [0, 0.1) is 6.92 Å². The van der Waals surface area contributed by atoms with E-state index >= 15 is 0 Å². The summed E-state index contributed by atoms with van der Waals surface area (Å²) in [5, 5.41) is 4.07. The molecule has 106 valence electrons. The summed E-state index contributed by atoms with van der Waals surface area (Å²) in [7, 11) is 0. The number of rotatable bonds is 2. The van der Waals surface area contributed by atoms with E-state index in [9.17, 15) is 4.79 Å². The van der Waals surface area contributed by atoms with E-state index in [4.69, 9.17) is 4.42 Å². The topological polar surface area (TPSA) is 58.4 Å². The van der Waals surface area contributed by atoms with E-state index in [2.05, 4.69) is 10.3 Å². The average Bonchev–Trinajstić information content (AvgIpc) is 3.01. The zero-order chi connectivity index (χ0) is 13.9. The fourth-order valence-electron chi connectivity index (χ4n) is 2.30. The molecule has 6 heteroatoms. The first-order chi connectivity index (χ1) is 9.75. The van der Waals surface area contributed by atoms with Crippen molar-refractivity contribution in [3.8, 4) is 10.8 Å². The predicted octanol–water partition coefficient (Wildman–Crippen LogP) is 2.15. The van der Waals surface area contributed by atoms with Gasteiger partial charge in [-0.25, -0.2) is 4.98 Å². The van der Waals surface area contributed by atoms with E-state index in [0.29, 0.717) is 5.69 Å². The van der Waals surface area contributed by atoms with Crippen LogP contribution in [0.5, 0.6) is 0 Å². The van der Waals surface area contributed by atoms with Gasteiger partial charge >= 0.3 is 0 Å². The lowest BCUT2D eigenvalue weighted by Crippen LogP contribution is -2.34. The van der Waals surface area contributed by atoms with Crippen molar-refractivity contribution in [3.63, 3.8) is 0 Å². The van der Waals surface area contributed by atoms with Crippen LogP contribution in [0.3, 0.4) is 0 Å². The highest BCUT2D eigenvalue weighted by Crippen LogP contribution is 2.28. The first-order valence-corrected chi connectivity index (χ1v) is 7.58. The molecule has 1 saturated heterocycles. The summed E-state index contributed by atoms with van der Waals surface area (Å²) in [6, 6.07) is 3.69. The summed E-state index contributed by atoms with van der Waals surface area (Å²) in [5.74, 6) is 0.745. The Labute approximate surface area is 121 Å². The van der Waals surface area contributed by atoms with Crippen molar-refractivity contribution in [1.82, 2.24) is 15.2 Å². The van der Waals surface area contributed by atoms with Gasteiger partial charge in [0, 0.05) is 24.5 Å². The third-order valence-electron chi connectivity index (χ3n) is 3.36. The molecule has 1 aliphatic rings. The van der Waals surface area contributed by atoms with Gasteiger partial charge in [-0.05, 0) is 32.0 Å². The fraction of sp³-hybridized carbons (Fsp3) is 0.429. The molecule has 2 aromatic heterocycles. The molecule has 3 rings (SSSR count). The third kappa shape index (κ3) is 2.62. The number of amides is 1. The normalized spacial score (nSPS) is 16.1. The Balaban J connectivity index is 1.84. The van der Waals surface area contributed by atoms with E-state index in [-0.39, 0.29) is 5.91 Å². The van der Waals surface area contributed by atoms with Crippen molar-refractivity contribution >= 4 is 17.2 Å². The highest BCUT2D eigenvalue weighted by atomic mass is 32.1. The molecule has 1 aliphatic heterocycles. The summed E-state index contributed by atoms with van der Waals surface area (Å²) >= 11 is 1.50. The number of hydrogen-bond acceptors (Lipinski definition) is 5. The van der Waals surface area contributed by atoms with Crippen molar-refractivity contribution in [2.75, 3.05) is 26.2 Å². The van der Waals surface area contributed by atoms with Gasteiger partial charge in [0.05, 0.1) is 6.26 Å². The number of hydrogen-bond donors (Lipinski definition) is 1. The smallest absolute Gasteiger partial charge is 0.273 e. The first-order valence-electron chi connectivity index (χ1n) is 6.77. The van der Waals surface area contributed by atoms with Crippen LogP contribution in [0.1, 0.15) is 21.8 Å². The summed E-state index contributed by atoms with van der Waals surface area (Å²) in [5.41, 5.74) is 0.559. The maximum atomic E-state index is 12.6. The molecule has 0 atom stereocenters. The minimum atomic E-state index is 0.0280. The molecule has 5 nitrogen and oxygen atoms in total. The maximum Gasteiger partial charge on any atom is 0.273 e. The van der Waals surface area contributed by atoms with Crippen LogP contribution >= 0.6 is 11.3 Å². The van der Waals surface area contributed by atoms with Crippen LogP contribution in [0.2, 0.25) is 0 Å². The molecule has 0 aliphatic carbocycles. The number of nitrogens with zero attached hydrogens (tertiary/aromatic N) is 2. The number of aromatic nitrogens is 1. The molecule has 3 heterocycles. The Morgan fingerprint density at radius 2 is 2.35 bits per heavy atom. The number of carbonyl (C=O) groups excluding carboxylic acids is 1. The van der Waals surface area contributed by atoms with E-state index in [0.717, 1.165) is 48.2 Å². The van der Waals surface area contributed by atoms with Gasteiger partial charge in [0.2, 0.25) is 0 Å². The molecule has 0 saturated carbocycles. The molecule has 2 aromatic rings. The van der Waals surface area contributed by atoms with Crippen molar-refractivity contribution in [2.24, 2.45) is 0 Å². The minimum absolute atomic E-state index is 0.0280. The molecular weight excluding hydrogens is 274 g/mol. The minimum Gasteiger partial charge on any atom is -0.462 e. The highest BCUT2D eigenvalue weighted by molar-refractivity contribution is 7.15. The number of nitrogens with one attached hydrogen (secondary N) is 1. The fourth-order valence-corrected chi connectivity index (χ4v) is 3.17. The SMILES string of the molecule is Cc1sc(-c2ccco2)nc1C(=O)N1CCCNCC1. The molecule has 1 N–H and O–H groups in total. The number of aryl methyl sites for hydroxylation is 1. The quantitative estimate of drug-likeness (QED) is 0.921. The average molecular weight is 291 g/mol. The monoisotopic (exact) mass is 291 g/mol. The predicted molar refractivity (Wildman–Crippen MR) is 77.9 cm³/mol. The summed E-state index contributed by atoms with van der Waals surface area (Å²) in [4.78, 5) is 19.9. The lowest BCUT2D eigenvalue weighted by Gasteiger charge is -2.18. The molecule has 1 amide bonds. The molecule has 0 spiro atoms. The van der Waals surface area contributed by atoms with Crippen molar-refractivity contribution in [1.29, 1.82) is 0 Å². The molecular formula is C14H17N3O2S. The van der Waals surface area contributed by atoms with Gasteiger partial charge in [-0.15, -0.1) is 11.3 Å². The van der Waals surface area contributed by atoms with Crippen LogP contribution in [-0.4, -0.2) is 42.0 Å². The maximum absolute atomic E-state index is 12.6. The third-order valence-corrected chi connectivity index (χ3v) is 4.34. The second-order valence-electron chi connectivity index (χ2n) is 4.80. The zero-order valence-corrected chi connectivity index (χ0v) is 12.2. The molecule has 0 radical (unpaired) electrons. The Bertz CT molecular complexity index is 584. The molecule has 1 fully saturated rings. The number of thiazole rings is 1. The van der Waals surface area contributed by atoms with Crippen LogP contribution < -0.4 is 5.32 Å². The second-order valence-corrected chi connectivity index (χ2v) is 6.00. The van der Waals surface area contributed by atoms with E-state index in [1.54, 1.807) is 6.26 Å². The lowest BCUT2D eigenvalue weighted by atomic mass is 10.3. The zero-order valence-electron chi connectivity index (χ0n) is 11.4. The molecule has 0 unspecified atom stereocenters. The van der Waals surface area contributed by atoms with Gasteiger partial charge in [0.1, 0.15) is 5.69 Å². The summed E-state index contributed by atoms with van der Waals surface area (Å²) in [6.07, 6.45) is 2.61. The summed E-state index contributed by atoms with van der Waals surface area (Å²) in [6.45, 7) is 5.29. The van der Waals surface area contributed by atoms with Crippen LogP contribution in [-0.2, 0) is 0 Å².